The third-order valence-corrected chi connectivity index (χ3v) is 5.43. The van der Waals surface area contributed by atoms with Crippen molar-refractivity contribution >= 4 is 34.5 Å². The molecule has 2 aromatic rings. The van der Waals surface area contributed by atoms with E-state index in [9.17, 15) is 9.59 Å². The van der Waals surface area contributed by atoms with Gasteiger partial charge >= 0.3 is 0 Å². The lowest BCUT2D eigenvalue weighted by Gasteiger charge is -2.17. The second-order valence-corrected chi connectivity index (χ2v) is 6.98. The summed E-state index contributed by atoms with van der Waals surface area (Å²) in [5, 5.41) is 4.92. The lowest BCUT2D eigenvalue weighted by atomic mass is 10.0. The molecule has 0 radical (unpaired) electrons. The smallest absolute Gasteiger partial charge is 0.268 e. The van der Waals surface area contributed by atoms with Crippen molar-refractivity contribution in [3.63, 3.8) is 0 Å². The van der Waals surface area contributed by atoms with Gasteiger partial charge in [0.1, 0.15) is 0 Å². The minimum absolute atomic E-state index is 0.0511. The van der Waals surface area contributed by atoms with Crippen LogP contribution in [0.2, 0.25) is 0 Å². The molecular weight excluding hydrogens is 320 g/mol. The van der Waals surface area contributed by atoms with Gasteiger partial charge in [-0.15, -0.1) is 11.3 Å². The molecule has 126 valence electrons. The molecule has 0 spiro atoms. The van der Waals surface area contributed by atoms with E-state index in [2.05, 4.69) is 5.32 Å². The third-order valence-electron chi connectivity index (χ3n) is 4.58. The number of amides is 2. The maximum atomic E-state index is 12.6. The van der Waals surface area contributed by atoms with Gasteiger partial charge < -0.3 is 10.2 Å². The molecule has 1 aliphatic rings. The predicted molar refractivity (Wildman–Crippen MR) is 98.8 cm³/mol. The molecule has 0 bridgehead atoms. The van der Waals surface area contributed by atoms with Gasteiger partial charge in [-0.05, 0) is 54.5 Å². The Kier molecular flexibility index (Phi) is 5.00. The molecule has 2 heterocycles. The lowest BCUT2D eigenvalue weighted by Crippen LogP contribution is -2.28. The van der Waals surface area contributed by atoms with E-state index in [1.165, 1.54) is 11.3 Å². The molecule has 0 saturated carbocycles. The second-order valence-electron chi connectivity index (χ2n) is 6.03. The van der Waals surface area contributed by atoms with Gasteiger partial charge in [-0.2, -0.15) is 0 Å². The number of nitrogens with zero attached hydrogens (tertiary/aromatic N) is 1. The first-order valence-electron chi connectivity index (χ1n) is 8.43. The summed E-state index contributed by atoms with van der Waals surface area (Å²) in [7, 11) is 0. The standard InChI is InChI=1S/C19H22N2O2S/c1-3-13(4-2)18(22)20-15-7-8-16-14(12-15)9-10-21(16)19(23)17-6-5-11-24-17/h5-8,11-13H,3-4,9-10H2,1-2H3,(H,20,22). The summed E-state index contributed by atoms with van der Waals surface area (Å²) < 4.78 is 0. The van der Waals surface area contributed by atoms with E-state index in [4.69, 9.17) is 0 Å². The Morgan fingerprint density at radius 1 is 1.25 bits per heavy atom. The van der Waals surface area contributed by atoms with Gasteiger partial charge in [0.25, 0.3) is 5.91 Å². The molecule has 1 aliphatic heterocycles. The van der Waals surface area contributed by atoms with E-state index in [0.717, 1.165) is 41.1 Å². The number of benzene rings is 1. The Hall–Kier alpha value is -2.14. The number of fused-ring (bicyclic) bond motifs is 1. The first-order valence-corrected chi connectivity index (χ1v) is 9.31. The maximum absolute atomic E-state index is 12.6. The van der Waals surface area contributed by atoms with Crippen molar-refractivity contribution in [1.29, 1.82) is 0 Å². The second kappa shape index (κ2) is 7.18. The van der Waals surface area contributed by atoms with Crippen LogP contribution in [0.25, 0.3) is 0 Å². The van der Waals surface area contributed by atoms with E-state index < -0.39 is 0 Å². The van der Waals surface area contributed by atoms with E-state index in [1.54, 1.807) is 0 Å². The molecule has 0 fully saturated rings. The highest BCUT2D eigenvalue weighted by Crippen LogP contribution is 2.32. The predicted octanol–water partition coefficient (Wildman–Crippen LogP) is 4.33. The van der Waals surface area contributed by atoms with Crippen LogP contribution >= 0.6 is 11.3 Å². The van der Waals surface area contributed by atoms with Crippen molar-refractivity contribution in [2.75, 3.05) is 16.8 Å². The summed E-state index contributed by atoms with van der Waals surface area (Å²) in [6.45, 7) is 4.75. The van der Waals surface area contributed by atoms with Crippen molar-refractivity contribution in [3.05, 3.63) is 46.2 Å². The Bertz CT molecular complexity index is 736. The number of anilines is 2. The first kappa shape index (κ1) is 16.7. The minimum atomic E-state index is 0.0511. The maximum Gasteiger partial charge on any atom is 0.268 e. The van der Waals surface area contributed by atoms with Crippen molar-refractivity contribution in [3.8, 4) is 0 Å². The van der Waals surface area contributed by atoms with E-state index in [1.807, 2.05) is 54.5 Å². The molecule has 4 nitrogen and oxygen atoms in total. The number of rotatable bonds is 5. The van der Waals surface area contributed by atoms with Gasteiger partial charge in [-0.25, -0.2) is 0 Å². The fraction of sp³-hybridized carbons (Fsp3) is 0.368. The normalized spacial score (nSPS) is 13.2. The van der Waals surface area contributed by atoms with Crippen LogP contribution in [0.15, 0.2) is 35.7 Å². The molecule has 0 atom stereocenters. The summed E-state index contributed by atoms with van der Waals surface area (Å²) in [4.78, 5) is 27.4. The SMILES string of the molecule is CCC(CC)C(=O)Nc1ccc2c(c1)CCN2C(=O)c1cccs1. The van der Waals surface area contributed by atoms with E-state index in [-0.39, 0.29) is 17.7 Å². The molecule has 0 saturated heterocycles. The molecular formula is C19H22N2O2S. The highest BCUT2D eigenvalue weighted by molar-refractivity contribution is 7.12. The largest absolute Gasteiger partial charge is 0.326 e. The Balaban J connectivity index is 1.76. The minimum Gasteiger partial charge on any atom is -0.326 e. The van der Waals surface area contributed by atoms with Gasteiger partial charge in [0.05, 0.1) is 4.88 Å². The summed E-state index contributed by atoms with van der Waals surface area (Å²) in [5.41, 5.74) is 2.88. The van der Waals surface area contributed by atoms with Gasteiger partial charge in [-0.3, -0.25) is 9.59 Å². The molecule has 1 aromatic heterocycles. The summed E-state index contributed by atoms with van der Waals surface area (Å²) >= 11 is 1.46. The molecule has 3 rings (SSSR count). The van der Waals surface area contributed by atoms with Crippen molar-refractivity contribution in [2.24, 2.45) is 5.92 Å². The van der Waals surface area contributed by atoms with Gasteiger partial charge in [0.15, 0.2) is 0 Å². The number of thiophene rings is 1. The van der Waals surface area contributed by atoms with Crippen molar-refractivity contribution in [2.45, 2.75) is 33.1 Å². The van der Waals surface area contributed by atoms with Gasteiger partial charge in [-0.1, -0.05) is 19.9 Å². The molecule has 1 N–H and O–H groups in total. The van der Waals surface area contributed by atoms with E-state index in [0.29, 0.717) is 6.54 Å². The number of carbonyl (C=O) groups excluding carboxylic acids is 2. The number of hydrogen-bond donors (Lipinski definition) is 1. The zero-order valence-electron chi connectivity index (χ0n) is 14.0. The first-order chi connectivity index (χ1) is 11.6. The van der Waals surface area contributed by atoms with E-state index >= 15 is 0 Å². The third kappa shape index (κ3) is 3.22. The average molecular weight is 342 g/mol. The van der Waals surface area contributed by atoms with Crippen molar-refractivity contribution in [1.82, 2.24) is 0 Å². The molecule has 0 aliphatic carbocycles. The van der Waals surface area contributed by atoms with Crippen LogP contribution < -0.4 is 10.2 Å². The van der Waals surface area contributed by atoms with Crippen LogP contribution in [0, 0.1) is 5.92 Å². The molecule has 5 heteroatoms. The van der Waals surface area contributed by atoms with Crippen molar-refractivity contribution < 1.29 is 9.59 Å². The van der Waals surface area contributed by atoms with Gasteiger partial charge in [0.2, 0.25) is 5.91 Å². The average Bonchev–Trinajstić information content (AvgIpc) is 3.25. The highest BCUT2D eigenvalue weighted by Gasteiger charge is 2.26. The zero-order chi connectivity index (χ0) is 17.1. The number of hydrogen-bond acceptors (Lipinski definition) is 3. The quantitative estimate of drug-likeness (QED) is 0.879. The van der Waals surface area contributed by atoms with Crippen LogP contribution in [0.1, 0.15) is 41.9 Å². The van der Waals surface area contributed by atoms with Crippen LogP contribution in [-0.2, 0) is 11.2 Å². The van der Waals surface area contributed by atoms with Crippen LogP contribution in [0.3, 0.4) is 0 Å². The highest BCUT2D eigenvalue weighted by atomic mass is 32.1. The fourth-order valence-corrected chi connectivity index (χ4v) is 3.80. The molecule has 0 unspecified atom stereocenters. The van der Waals surface area contributed by atoms with Crippen LogP contribution in [0.5, 0.6) is 0 Å². The van der Waals surface area contributed by atoms with Crippen LogP contribution in [0.4, 0.5) is 11.4 Å². The number of carbonyl (C=O) groups is 2. The van der Waals surface area contributed by atoms with Crippen LogP contribution in [-0.4, -0.2) is 18.4 Å². The molecule has 24 heavy (non-hydrogen) atoms. The Morgan fingerprint density at radius 3 is 2.71 bits per heavy atom. The summed E-state index contributed by atoms with van der Waals surface area (Å²) in [5.74, 6) is 0.178. The Labute approximate surface area is 146 Å². The lowest BCUT2D eigenvalue weighted by molar-refractivity contribution is -0.120. The molecule has 1 aromatic carbocycles. The summed E-state index contributed by atoms with van der Waals surface area (Å²) in [6, 6.07) is 9.58. The number of nitrogens with one attached hydrogen (secondary N) is 1. The fourth-order valence-electron chi connectivity index (χ4n) is 3.13. The topological polar surface area (TPSA) is 49.4 Å². The summed E-state index contributed by atoms with van der Waals surface area (Å²) in [6.07, 6.45) is 2.51. The van der Waals surface area contributed by atoms with Gasteiger partial charge in [0, 0.05) is 23.8 Å². The Morgan fingerprint density at radius 2 is 2.04 bits per heavy atom. The zero-order valence-corrected chi connectivity index (χ0v) is 14.9. The molecule has 2 amide bonds. The monoisotopic (exact) mass is 342 g/mol.